The van der Waals surface area contributed by atoms with Crippen LogP contribution in [0.3, 0.4) is 0 Å². The van der Waals surface area contributed by atoms with Gasteiger partial charge < -0.3 is 9.88 Å². The third-order valence-electron chi connectivity index (χ3n) is 3.39. The number of nitrogens with one attached hydrogen (secondary N) is 1. The number of hydrogen-bond acceptors (Lipinski definition) is 3. The van der Waals surface area contributed by atoms with Crippen LogP contribution in [0.25, 0.3) is 0 Å². The molecule has 17 heavy (non-hydrogen) atoms. The van der Waals surface area contributed by atoms with Crippen molar-refractivity contribution in [1.29, 1.82) is 0 Å². The van der Waals surface area contributed by atoms with E-state index in [0.29, 0.717) is 12.2 Å². The van der Waals surface area contributed by atoms with Gasteiger partial charge in [-0.3, -0.25) is 4.79 Å². The Balaban J connectivity index is 1.94. The van der Waals surface area contributed by atoms with Crippen molar-refractivity contribution < 1.29 is 4.79 Å². The fourth-order valence-corrected chi connectivity index (χ4v) is 2.40. The molecule has 1 aromatic heterocycles. The van der Waals surface area contributed by atoms with E-state index in [2.05, 4.69) is 21.8 Å². The summed E-state index contributed by atoms with van der Waals surface area (Å²) in [6.07, 6.45) is 7.29. The maximum Gasteiger partial charge on any atom is 0.143 e. The van der Waals surface area contributed by atoms with Gasteiger partial charge in [-0.15, -0.1) is 0 Å². The second-order valence-corrected chi connectivity index (χ2v) is 4.70. The molecule has 94 valence electrons. The minimum atomic E-state index is 0.239. The van der Waals surface area contributed by atoms with Gasteiger partial charge in [-0.25, -0.2) is 4.98 Å². The highest BCUT2D eigenvalue weighted by Crippen LogP contribution is 2.15. The van der Waals surface area contributed by atoms with Gasteiger partial charge in [-0.2, -0.15) is 0 Å². The molecule has 0 spiro atoms. The molecule has 1 aromatic rings. The monoisotopic (exact) mass is 235 g/mol. The fourth-order valence-electron chi connectivity index (χ4n) is 2.40. The van der Waals surface area contributed by atoms with Crippen molar-refractivity contribution >= 4 is 5.78 Å². The van der Waals surface area contributed by atoms with E-state index in [9.17, 15) is 4.79 Å². The lowest BCUT2D eigenvalue weighted by Gasteiger charge is -2.21. The van der Waals surface area contributed by atoms with Gasteiger partial charge in [0.2, 0.25) is 0 Å². The number of rotatable bonds is 5. The van der Waals surface area contributed by atoms with Crippen LogP contribution in [0.2, 0.25) is 0 Å². The molecule has 1 N–H and O–H groups in total. The molecule has 0 aromatic carbocycles. The first-order valence-electron chi connectivity index (χ1n) is 6.54. The summed E-state index contributed by atoms with van der Waals surface area (Å²) in [5, 5.41) is 3.29. The fraction of sp³-hybridized carbons (Fsp3) is 0.692. The molecule has 0 saturated carbocycles. The Morgan fingerprint density at radius 1 is 1.53 bits per heavy atom. The van der Waals surface area contributed by atoms with Crippen LogP contribution >= 0.6 is 0 Å². The van der Waals surface area contributed by atoms with Gasteiger partial charge in [0.15, 0.2) is 0 Å². The van der Waals surface area contributed by atoms with Crippen LogP contribution in [-0.4, -0.2) is 28.4 Å². The number of carbonyl (C=O) groups is 1. The van der Waals surface area contributed by atoms with Crippen LogP contribution in [0.4, 0.5) is 0 Å². The molecule has 4 nitrogen and oxygen atoms in total. The van der Waals surface area contributed by atoms with E-state index in [1.807, 2.05) is 6.20 Å². The quantitative estimate of drug-likeness (QED) is 0.839. The number of hydrogen-bond donors (Lipinski definition) is 1. The number of piperidine rings is 1. The first-order valence-corrected chi connectivity index (χ1v) is 6.54. The number of Topliss-reactive ketones (excluding diaryl/α,β-unsaturated/α-hetero) is 1. The van der Waals surface area contributed by atoms with Crippen molar-refractivity contribution in [1.82, 2.24) is 14.9 Å². The standard InChI is InChI=1S/C13H21N3O/c1-2-8-16-9-7-15-13(16)10-12(17)11-3-5-14-6-4-11/h7,9,11,14H,2-6,8,10H2,1H3. The Labute approximate surface area is 102 Å². The Morgan fingerprint density at radius 2 is 2.29 bits per heavy atom. The molecule has 0 radical (unpaired) electrons. The molecular weight excluding hydrogens is 214 g/mol. The summed E-state index contributed by atoms with van der Waals surface area (Å²) in [5.74, 6) is 1.52. The lowest BCUT2D eigenvalue weighted by Crippen LogP contribution is -2.32. The number of aromatic nitrogens is 2. The summed E-state index contributed by atoms with van der Waals surface area (Å²) in [6.45, 7) is 5.03. The van der Waals surface area contributed by atoms with E-state index >= 15 is 0 Å². The lowest BCUT2D eigenvalue weighted by atomic mass is 9.92. The van der Waals surface area contributed by atoms with E-state index in [1.54, 1.807) is 6.20 Å². The van der Waals surface area contributed by atoms with Crippen molar-refractivity contribution in [2.45, 2.75) is 39.2 Å². The van der Waals surface area contributed by atoms with Gasteiger partial charge in [0.1, 0.15) is 11.6 Å². The van der Waals surface area contributed by atoms with E-state index in [-0.39, 0.29) is 5.92 Å². The van der Waals surface area contributed by atoms with E-state index in [4.69, 9.17) is 0 Å². The van der Waals surface area contributed by atoms with Crippen molar-refractivity contribution in [3.63, 3.8) is 0 Å². The summed E-state index contributed by atoms with van der Waals surface area (Å²) in [7, 11) is 0. The van der Waals surface area contributed by atoms with Crippen molar-refractivity contribution in [2.75, 3.05) is 13.1 Å². The molecule has 1 fully saturated rings. The summed E-state index contributed by atoms with van der Waals surface area (Å²) in [6, 6.07) is 0. The number of imidazole rings is 1. The highest BCUT2D eigenvalue weighted by atomic mass is 16.1. The average Bonchev–Trinajstić information content (AvgIpc) is 2.78. The third kappa shape index (κ3) is 3.16. The summed E-state index contributed by atoms with van der Waals surface area (Å²) >= 11 is 0. The summed E-state index contributed by atoms with van der Waals surface area (Å²) in [4.78, 5) is 16.4. The van der Waals surface area contributed by atoms with Gasteiger partial charge in [0, 0.05) is 24.9 Å². The minimum absolute atomic E-state index is 0.239. The summed E-state index contributed by atoms with van der Waals surface area (Å²) in [5.41, 5.74) is 0. The van der Waals surface area contributed by atoms with Crippen LogP contribution in [0, 0.1) is 5.92 Å². The average molecular weight is 235 g/mol. The summed E-state index contributed by atoms with van der Waals surface area (Å²) < 4.78 is 2.10. The van der Waals surface area contributed by atoms with E-state index < -0.39 is 0 Å². The van der Waals surface area contributed by atoms with Crippen LogP contribution in [0.15, 0.2) is 12.4 Å². The van der Waals surface area contributed by atoms with Crippen LogP contribution < -0.4 is 5.32 Å². The highest BCUT2D eigenvalue weighted by molar-refractivity contribution is 5.82. The van der Waals surface area contributed by atoms with Crippen molar-refractivity contribution in [2.24, 2.45) is 5.92 Å². The predicted molar refractivity (Wildman–Crippen MR) is 66.8 cm³/mol. The number of aryl methyl sites for hydroxylation is 1. The molecular formula is C13H21N3O. The zero-order chi connectivity index (χ0) is 12.1. The topological polar surface area (TPSA) is 46.9 Å². The molecule has 2 heterocycles. The molecule has 0 atom stereocenters. The molecule has 0 unspecified atom stereocenters. The van der Waals surface area contributed by atoms with Crippen LogP contribution in [0.5, 0.6) is 0 Å². The minimum Gasteiger partial charge on any atom is -0.335 e. The van der Waals surface area contributed by atoms with Crippen molar-refractivity contribution in [3.8, 4) is 0 Å². The smallest absolute Gasteiger partial charge is 0.143 e. The molecule has 0 bridgehead atoms. The molecule has 1 saturated heterocycles. The van der Waals surface area contributed by atoms with Crippen LogP contribution in [0.1, 0.15) is 32.0 Å². The third-order valence-corrected chi connectivity index (χ3v) is 3.39. The second kappa shape index (κ2) is 5.96. The van der Waals surface area contributed by atoms with Gasteiger partial charge in [-0.1, -0.05) is 6.92 Å². The number of ketones is 1. The predicted octanol–water partition coefficient (Wildman–Crippen LogP) is 1.40. The normalized spacial score (nSPS) is 17.2. The molecule has 1 aliphatic rings. The largest absolute Gasteiger partial charge is 0.335 e. The maximum atomic E-state index is 12.1. The first-order chi connectivity index (χ1) is 8.31. The Kier molecular flexibility index (Phi) is 4.31. The maximum absolute atomic E-state index is 12.1. The van der Waals surface area contributed by atoms with E-state index in [0.717, 1.165) is 44.7 Å². The van der Waals surface area contributed by atoms with Gasteiger partial charge in [0.25, 0.3) is 0 Å². The van der Waals surface area contributed by atoms with Gasteiger partial charge in [0.05, 0.1) is 6.42 Å². The number of nitrogens with zero attached hydrogens (tertiary/aromatic N) is 2. The molecule has 0 amide bonds. The molecule has 4 heteroatoms. The SMILES string of the molecule is CCCn1ccnc1CC(=O)C1CCNCC1. The Hall–Kier alpha value is -1.16. The molecule has 2 rings (SSSR count). The van der Waals surface area contributed by atoms with Gasteiger partial charge in [-0.05, 0) is 32.4 Å². The highest BCUT2D eigenvalue weighted by Gasteiger charge is 2.22. The second-order valence-electron chi connectivity index (χ2n) is 4.70. The van der Waals surface area contributed by atoms with Crippen LogP contribution in [-0.2, 0) is 17.8 Å². The van der Waals surface area contributed by atoms with Gasteiger partial charge >= 0.3 is 0 Å². The number of carbonyl (C=O) groups excluding carboxylic acids is 1. The first kappa shape index (κ1) is 12.3. The van der Waals surface area contributed by atoms with Crippen molar-refractivity contribution in [3.05, 3.63) is 18.2 Å². The molecule has 1 aliphatic heterocycles. The van der Waals surface area contributed by atoms with E-state index in [1.165, 1.54) is 0 Å². The zero-order valence-corrected chi connectivity index (χ0v) is 10.5. The zero-order valence-electron chi connectivity index (χ0n) is 10.5. The molecule has 0 aliphatic carbocycles. The Bertz CT molecular complexity index is 366. The lowest BCUT2D eigenvalue weighted by molar-refractivity contribution is -0.123. The Morgan fingerprint density at radius 3 is 3.00 bits per heavy atom.